The van der Waals surface area contributed by atoms with Gasteiger partial charge in [0.1, 0.15) is 0 Å². The molecule has 0 amide bonds. The molecule has 0 bridgehead atoms. The zero-order valence-corrected chi connectivity index (χ0v) is 13.9. The van der Waals surface area contributed by atoms with Crippen molar-refractivity contribution in [3.05, 3.63) is 71.4 Å². The predicted octanol–water partition coefficient (Wildman–Crippen LogP) is 4.31. The summed E-state index contributed by atoms with van der Waals surface area (Å²) in [5.74, 6) is 1.13. The van der Waals surface area contributed by atoms with Gasteiger partial charge < -0.3 is 10.6 Å². The lowest BCUT2D eigenvalue weighted by Gasteiger charge is -2.08. The largest absolute Gasteiger partial charge is 0.353 e. The van der Waals surface area contributed by atoms with E-state index >= 15 is 0 Å². The summed E-state index contributed by atoms with van der Waals surface area (Å²) in [5.41, 5.74) is 2.19. The number of nitrogens with one attached hydrogen (secondary N) is 2. The fourth-order valence-corrected chi connectivity index (χ4v) is 2.48. The van der Waals surface area contributed by atoms with Crippen LogP contribution >= 0.6 is 11.6 Å². The first-order valence-corrected chi connectivity index (χ1v) is 8.17. The van der Waals surface area contributed by atoms with Gasteiger partial charge in [-0.1, -0.05) is 48.0 Å². The molecule has 24 heavy (non-hydrogen) atoms. The van der Waals surface area contributed by atoms with Crippen LogP contribution in [0.5, 0.6) is 0 Å². The second-order valence-electron chi connectivity index (χ2n) is 5.32. The Kier molecular flexibility index (Phi) is 5.58. The van der Waals surface area contributed by atoms with E-state index in [0.29, 0.717) is 16.8 Å². The molecule has 2 aromatic carbocycles. The van der Waals surface area contributed by atoms with Gasteiger partial charge in [0.15, 0.2) is 5.82 Å². The molecule has 0 aliphatic heterocycles. The SMILES string of the molecule is Clc1cccc(Nc2cnnc(NCCCc3ccccc3)n2)c1. The Morgan fingerprint density at radius 1 is 1.00 bits per heavy atom. The molecule has 1 heterocycles. The number of halogens is 1. The van der Waals surface area contributed by atoms with E-state index < -0.39 is 0 Å². The molecule has 0 aliphatic rings. The van der Waals surface area contributed by atoms with Gasteiger partial charge in [-0.05, 0) is 36.6 Å². The van der Waals surface area contributed by atoms with Gasteiger partial charge in [0.2, 0.25) is 5.95 Å². The van der Waals surface area contributed by atoms with Gasteiger partial charge in [0, 0.05) is 17.3 Å². The van der Waals surface area contributed by atoms with Crippen molar-refractivity contribution in [1.29, 1.82) is 0 Å². The van der Waals surface area contributed by atoms with Crippen LogP contribution in [0, 0.1) is 0 Å². The van der Waals surface area contributed by atoms with Crippen molar-refractivity contribution in [2.45, 2.75) is 12.8 Å². The highest BCUT2D eigenvalue weighted by Crippen LogP contribution is 2.18. The van der Waals surface area contributed by atoms with Gasteiger partial charge in [0.05, 0.1) is 6.20 Å². The van der Waals surface area contributed by atoms with Crippen LogP contribution in [0.25, 0.3) is 0 Å². The average Bonchev–Trinajstić information content (AvgIpc) is 2.60. The Balaban J connectivity index is 1.51. The molecule has 3 rings (SSSR count). The van der Waals surface area contributed by atoms with Crippen LogP contribution in [-0.2, 0) is 6.42 Å². The monoisotopic (exact) mass is 339 g/mol. The van der Waals surface area contributed by atoms with Crippen molar-refractivity contribution >= 4 is 29.1 Å². The Hall–Kier alpha value is -2.66. The van der Waals surface area contributed by atoms with Crippen molar-refractivity contribution in [1.82, 2.24) is 15.2 Å². The number of rotatable bonds is 7. The van der Waals surface area contributed by atoms with Crippen molar-refractivity contribution in [3.8, 4) is 0 Å². The molecule has 3 aromatic rings. The summed E-state index contributed by atoms with van der Waals surface area (Å²) in [5, 5.41) is 15.0. The number of benzene rings is 2. The van der Waals surface area contributed by atoms with Crippen LogP contribution in [0.1, 0.15) is 12.0 Å². The molecule has 0 saturated heterocycles. The van der Waals surface area contributed by atoms with Gasteiger partial charge >= 0.3 is 0 Å². The van der Waals surface area contributed by atoms with Crippen LogP contribution in [0.4, 0.5) is 17.5 Å². The maximum absolute atomic E-state index is 5.98. The number of hydrogen-bond acceptors (Lipinski definition) is 5. The Morgan fingerprint density at radius 3 is 2.71 bits per heavy atom. The van der Waals surface area contributed by atoms with Crippen molar-refractivity contribution in [3.63, 3.8) is 0 Å². The van der Waals surface area contributed by atoms with Gasteiger partial charge in [-0.25, -0.2) is 0 Å². The lowest BCUT2D eigenvalue weighted by atomic mass is 10.1. The average molecular weight is 340 g/mol. The van der Waals surface area contributed by atoms with Crippen LogP contribution in [-0.4, -0.2) is 21.7 Å². The third kappa shape index (κ3) is 4.93. The standard InChI is InChI=1S/C18H18ClN5/c19-15-9-4-10-16(12-15)22-17-13-21-24-18(23-17)20-11-5-8-14-6-2-1-3-7-14/h1-4,6-7,9-10,12-13H,5,8,11H2,(H2,20,22,23,24). The number of aromatic nitrogens is 3. The Morgan fingerprint density at radius 2 is 1.88 bits per heavy atom. The van der Waals surface area contributed by atoms with E-state index in [4.69, 9.17) is 11.6 Å². The van der Waals surface area contributed by atoms with E-state index in [1.54, 1.807) is 6.20 Å². The van der Waals surface area contributed by atoms with Crippen molar-refractivity contribution in [2.24, 2.45) is 0 Å². The summed E-state index contributed by atoms with van der Waals surface area (Å²) < 4.78 is 0. The molecule has 0 spiro atoms. The van der Waals surface area contributed by atoms with Crippen LogP contribution in [0.2, 0.25) is 5.02 Å². The van der Waals surface area contributed by atoms with Gasteiger partial charge in [-0.2, -0.15) is 10.1 Å². The third-order valence-electron chi connectivity index (χ3n) is 3.42. The molecule has 0 radical (unpaired) electrons. The normalized spacial score (nSPS) is 10.4. The van der Waals surface area contributed by atoms with Crippen molar-refractivity contribution in [2.75, 3.05) is 17.2 Å². The minimum absolute atomic E-state index is 0.509. The highest BCUT2D eigenvalue weighted by Gasteiger charge is 2.01. The quantitative estimate of drug-likeness (QED) is 0.628. The van der Waals surface area contributed by atoms with E-state index in [1.807, 2.05) is 30.3 Å². The molecule has 1 aromatic heterocycles. The molecule has 0 atom stereocenters. The zero-order valence-electron chi connectivity index (χ0n) is 13.1. The lowest BCUT2D eigenvalue weighted by molar-refractivity contribution is 0.843. The van der Waals surface area contributed by atoms with Crippen LogP contribution in [0.3, 0.4) is 0 Å². The smallest absolute Gasteiger partial charge is 0.244 e. The lowest BCUT2D eigenvalue weighted by Crippen LogP contribution is -2.08. The fraction of sp³-hybridized carbons (Fsp3) is 0.167. The van der Waals surface area contributed by atoms with Crippen molar-refractivity contribution < 1.29 is 0 Å². The summed E-state index contributed by atoms with van der Waals surface area (Å²) in [4.78, 5) is 4.40. The second kappa shape index (κ2) is 8.26. The van der Waals surface area contributed by atoms with Gasteiger partial charge in [-0.3, -0.25) is 0 Å². The molecule has 0 unspecified atom stereocenters. The number of aryl methyl sites for hydroxylation is 1. The number of nitrogens with zero attached hydrogens (tertiary/aromatic N) is 3. The second-order valence-corrected chi connectivity index (χ2v) is 5.75. The summed E-state index contributed by atoms with van der Waals surface area (Å²) in [7, 11) is 0. The molecular weight excluding hydrogens is 322 g/mol. The highest BCUT2D eigenvalue weighted by molar-refractivity contribution is 6.30. The van der Waals surface area contributed by atoms with E-state index in [9.17, 15) is 0 Å². The maximum atomic E-state index is 5.98. The Bertz CT molecular complexity index is 779. The van der Waals surface area contributed by atoms with E-state index in [1.165, 1.54) is 5.56 Å². The number of hydrogen-bond donors (Lipinski definition) is 2. The first-order chi connectivity index (χ1) is 11.8. The van der Waals surface area contributed by atoms with E-state index in [0.717, 1.165) is 25.1 Å². The molecular formula is C18H18ClN5. The minimum atomic E-state index is 0.509. The summed E-state index contributed by atoms with van der Waals surface area (Å²) in [6, 6.07) is 17.9. The minimum Gasteiger partial charge on any atom is -0.353 e. The maximum Gasteiger partial charge on any atom is 0.244 e. The first-order valence-electron chi connectivity index (χ1n) is 7.80. The topological polar surface area (TPSA) is 62.7 Å². The molecule has 5 nitrogen and oxygen atoms in total. The summed E-state index contributed by atoms with van der Waals surface area (Å²) in [6.45, 7) is 0.789. The molecule has 122 valence electrons. The molecule has 2 N–H and O–H groups in total. The van der Waals surface area contributed by atoms with Gasteiger partial charge in [-0.15, -0.1) is 5.10 Å². The molecule has 0 saturated carbocycles. The van der Waals surface area contributed by atoms with E-state index in [2.05, 4.69) is 50.1 Å². The van der Waals surface area contributed by atoms with E-state index in [-0.39, 0.29) is 0 Å². The third-order valence-corrected chi connectivity index (χ3v) is 3.66. The van der Waals surface area contributed by atoms with Gasteiger partial charge in [0.25, 0.3) is 0 Å². The van der Waals surface area contributed by atoms with Crippen LogP contribution < -0.4 is 10.6 Å². The predicted molar refractivity (Wildman–Crippen MR) is 97.8 cm³/mol. The summed E-state index contributed by atoms with van der Waals surface area (Å²) >= 11 is 5.98. The van der Waals surface area contributed by atoms with Crippen LogP contribution in [0.15, 0.2) is 60.8 Å². The fourth-order valence-electron chi connectivity index (χ4n) is 2.29. The highest BCUT2D eigenvalue weighted by atomic mass is 35.5. The molecule has 0 aliphatic carbocycles. The molecule has 0 fully saturated rings. The summed E-state index contributed by atoms with van der Waals surface area (Å²) in [6.07, 6.45) is 3.59. The Labute approximate surface area is 146 Å². The number of anilines is 3. The zero-order chi connectivity index (χ0) is 16.6. The molecule has 6 heteroatoms. The first kappa shape index (κ1) is 16.2.